The van der Waals surface area contributed by atoms with Crippen LogP contribution >= 0.6 is 0 Å². The zero-order valence-corrected chi connectivity index (χ0v) is 57.0. The van der Waals surface area contributed by atoms with Gasteiger partial charge in [-0.3, -0.25) is 42.9 Å². The third kappa shape index (κ3) is 13.0. The number of aromatic nitrogens is 9. The Morgan fingerprint density at radius 1 is 0.337 bits per heavy atom. The van der Waals surface area contributed by atoms with Crippen molar-refractivity contribution in [2.45, 2.75) is 185 Å². The number of hydrogen-bond acceptors (Lipinski definition) is 15. The van der Waals surface area contributed by atoms with Crippen molar-refractivity contribution in [1.29, 1.82) is 0 Å². The molecule has 9 aliphatic rings. The van der Waals surface area contributed by atoms with Crippen LogP contribution in [0, 0.1) is 34.6 Å². The van der Waals surface area contributed by atoms with Gasteiger partial charge >= 0.3 is 0 Å². The number of nitrogens with one attached hydrogen (secondary N) is 3. The topological polar surface area (TPSA) is 146 Å². The van der Waals surface area contributed by atoms with Gasteiger partial charge in [0.1, 0.15) is 34.4 Å². The van der Waals surface area contributed by atoms with Crippen LogP contribution in [0.5, 0.6) is 0 Å². The fraction of sp³-hybridized carbons (Fsp3) is 0.532. The van der Waals surface area contributed by atoms with Crippen LogP contribution in [0.2, 0.25) is 0 Å². The summed E-state index contributed by atoms with van der Waals surface area (Å²) in [5.41, 5.74) is 16.7. The summed E-state index contributed by atoms with van der Waals surface area (Å²) in [6, 6.07) is 36.5. The Kier molecular flexibility index (Phi) is 18.0. The maximum absolute atomic E-state index is 5.15. The third-order valence-corrected chi connectivity index (χ3v) is 22.9. The number of pyridine rings is 6. The molecule has 2 saturated carbocycles. The summed E-state index contributed by atoms with van der Waals surface area (Å²) in [4.78, 5) is 45.1. The van der Waals surface area contributed by atoms with Crippen molar-refractivity contribution in [3.63, 3.8) is 0 Å². The van der Waals surface area contributed by atoms with Crippen molar-refractivity contribution < 1.29 is 0 Å². The molecule has 0 amide bonds. The highest BCUT2D eigenvalue weighted by molar-refractivity contribution is 5.58. The van der Waals surface area contributed by atoms with Gasteiger partial charge in [0, 0.05) is 126 Å². The van der Waals surface area contributed by atoms with Crippen LogP contribution in [0.4, 0.5) is 17.5 Å². The average molecular weight is 1280 g/mol. The maximum Gasteiger partial charge on any atom is 0.138 e. The summed E-state index contributed by atoms with van der Waals surface area (Å²) in [5.74, 6) is 3.87. The molecule has 0 radical (unpaired) electrons. The molecule has 9 fully saturated rings. The molecule has 9 aromatic heterocycles. The molecule has 3 N–H and O–H groups in total. The lowest BCUT2D eigenvalue weighted by Gasteiger charge is -2.39. The first-order valence-corrected chi connectivity index (χ1v) is 36.6. The minimum absolute atomic E-state index is 0.273. The molecule has 18 heteroatoms. The molecular formula is C77H100N18. The Hall–Kier alpha value is -7.32. The van der Waals surface area contributed by atoms with Gasteiger partial charge in [0.15, 0.2) is 0 Å². The number of fused-ring (bicyclic) bond motifs is 4. The minimum atomic E-state index is 0.273. The van der Waals surface area contributed by atoms with Crippen LogP contribution in [-0.4, -0.2) is 154 Å². The summed E-state index contributed by atoms with van der Waals surface area (Å²) < 4.78 is 7.09. The predicted molar refractivity (Wildman–Crippen MR) is 380 cm³/mol. The van der Waals surface area contributed by atoms with Gasteiger partial charge in [-0.2, -0.15) is 0 Å². The zero-order valence-electron chi connectivity index (χ0n) is 57.0. The van der Waals surface area contributed by atoms with E-state index in [0.29, 0.717) is 24.2 Å². The lowest BCUT2D eigenvalue weighted by Crippen LogP contribution is -2.50. The molecule has 9 aromatic rings. The molecule has 0 aromatic carbocycles. The number of rotatable bonds is 11. The Bertz CT molecular complexity index is 4120. The second-order valence-electron chi connectivity index (χ2n) is 29.1. The number of aryl methyl sites for hydroxylation is 5. The van der Waals surface area contributed by atoms with Crippen LogP contribution in [0.15, 0.2) is 116 Å². The van der Waals surface area contributed by atoms with Crippen LogP contribution in [-0.2, 0) is 0 Å². The van der Waals surface area contributed by atoms with Gasteiger partial charge in [-0.15, -0.1) is 0 Å². The average Bonchev–Trinajstić information content (AvgIpc) is 1.64. The van der Waals surface area contributed by atoms with Crippen molar-refractivity contribution in [2.75, 3.05) is 93.2 Å². The molecule has 1 unspecified atom stereocenters. The summed E-state index contributed by atoms with van der Waals surface area (Å²) in [5, 5.41) is 11.6. The normalized spacial score (nSPS) is 25.6. The van der Waals surface area contributed by atoms with Gasteiger partial charge in [-0.25, -0.2) is 15.0 Å². The fourth-order valence-electron chi connectivity index (χ4n) is 17.5. The van der Waals surface area contributed by atoms with Crippen LogP contribution in [0.3, 0.4) is 0 Å². The Morgan fingerprint density at radius 2 is 0.737 bits per heavy atom. The molecule has 18 rings (SSSR count). The molecule has 7 saturated heterocycles. The van der Waals surface area contributed by atoms with E-state index >= 15 is 0 Å². The highest BCUT2D eigenvalue weighted by Crippen LogP contribution is 2.40. The van der Waals surface area contributed by atoms with Gasteiger partial charge in [0.25, 0.3) is 0 Å². The summed E-state index contributed by atoms with van der Waals surface area (Å²) >= 11 is 0. The van der Waals surface area contributed by atoms with Crippen molar-refractivity contribution in [3.05, 3.63) is 178 Å². The molecular weight excluding hydrogens is 1180 g/mol. The zero-order chi connectivity index (χ0) is 64.1. The molecule has 16 heterocycles. The van der Waals surface area contributed by atoms with Crippen LogP contribution in [0.1, 0.15) is 195 Å². The molecule has 2 aliphatic carbocycles. The predicted octanol–water partition coefficient (Wildman–Crippen LogP) is 12.3. The van der Waals surface area contributed by atoms with Crippen molar-refractivity contribution in [2.24, 2.45) is 0 Å². The van der Waals surface area contributed by atoms with Crippen molar-refractivity contribution in [3.8, 4) is 0 Å². The SMILES string of the molecule is Cc1cccnc1[C@@H]1CCC[C@H](c2cn3c(N4CCN(C5CC5)CC4)cccc3n2)N1.Cc1cccnc1[C@@H]1CCC[C@H](c2nc3cccc(N4CCN(C5CC5)CC4)n3c2C)N1.Cc1cccnc1[C@@H]1CCC[C@H](c2nc3cccc(N4CCN5CCCC5C4)n3c2C)N1. The van der Waals surface area contributed by atoms with E-state index in [1.807, 2.05) is 36.8 Å². The first-order chi connectivity index (χ1) is 46.6. The molecule has 498 valence electrons. The Morgan fingerprint density at radius 3 is 1.21 bits per heavy atom. The van der Waals surface area contributed by atoms with Gasteiger partial charge in [-0.1, -0.05) is 36.4 Å². The lowest BCUT2D eigenvalue weighted by molar-refractivity contribution is 0.230. The fourth-order valence-corrected chi connectivity index (χ4v) is 17.5. The summed E-state index contributed by atoms with van der Waals surface area (Å²) in [6.07, 6.45) is 26.7. The van der Waals surface area contributed by atoms with Crippen molar-refractivity contribution >= 4 is 34.4 Å². The minimum Gasteiger partial charge on any atom is -0.355 e. The van der Waals surface area contributed by atoms with Gasteiger partial charge in [-0.05, 0) is 209 Å². The largest absolute Gasteiger partial charge is 0.355 e. The van der Waals surface area contributed by atoms with Gasteiger partial charge in [0.05, 0.1) is 70.4 Å². The van der Waals surface area contributed by atoms with E-state index in [2.05, 4.69) is 177 Å². The molecule has 95 heavy (non-hydrogen) atoms. The van der Waals surface area contributed by atoms with Crippen LogP contribution < -0.4 is 30.7 Å². The number of imidazole rings is 3. The molecule has 18 nitrogen and oxygen atoms in total. The van der Waals surface area contributed by atoms with Crippen molar-refractivity contribution in [1.82, 2.24) is 73.8 Å². The number of nitrogens with zero attached hydrogens (tertiary/aromatic N) is 15. The van der Waals surface area contributed by atoms with E-state index < -0.39 is 0 Å². The van der Waals surface area contributed by atoms with E-state index in [1.165, 1.54) is 171 Å². The smallest absolute Gasteiger partial charge is 0.138 e. The number of anilines is 3. The van der Waals surface area contributed by atoms with Gasteiger partial charge < -0.3 is 30.7 Å². The first-order valence-electron chi connectivity index (χ1n) is 36.6. The Balaban J connectivity index is 0.000000112. The summed E-state index contributed by atoms with van der Waals surface area (Å²) in [6.45, 7) is 24.8. The monoisotopic (exact) mass is 1280 g/mol. The molecule has 7 aliphatic heterocycles. The van der Waals surface area contributed by atoms with E-state index in [4.69, 9.17) is 24.9 Å². The first kappa shape index (κ1) is 62.5. The van der Waals surface area contributed by atoms with E-state index in [1.54, 1.807) is 0 Å². The van der Waals surface area contributed by atoms with Gasteiger partial charge in [0.2, 0.25) is 0 Å². The highest BCUT2D eigenvalue weighted by Gasteiger charge is 2.37. The van der Waals surface area contributed by atoms with E-state index in [-0.39, 0.29) is 18.1 Å². The maximum atomic E-state index is 5.15. The van der Waals surface area contributed by atoms with Crippen LogP contribution in [0.25, 0.3) is 16.9 Å². The third-order valence-electron chi connectivity index (χ3n) is 22.9. The second kappa shape index (κ2) is 27.3. The number of piperidine rings is 3. The standard InChI is InChI=1S/2C26H34N6.C25H32N6/c1-18-7-5-13-27-25(18)21-9-3-10-22(28-21)26-19(2)32-23(29-26)11-4-12-24(32)31-16-15-30-14-6-8-20(30)17-31;1-18-6-5-13-27-25(18)21-7-3-8-22(28-21)26-19(2)32-23(29-26)9-4-10-24(32)31-16-14-30(15-17-31)20-11-12-20;1-18-5-4-12-26-25(18)21-7-2-6-20(27-21)22-17-31-23(28-22)8-3-9-24(31)30-15-13-29(14-16-30)19-10-11-19/h4-5,7,11-13,20-22,28H,3,6,8-10,14-17H2,1-2H3;4-6,9-10,13,20-22,28H,3,7-8,11-12,14-17H2,1-2H3;3-5,8-9,12,17,19-21,27H,2,6-7,10-11,13-16H2,1H3/t20?,21-,22+;21-,22+;20-,21+/m001/s1. The van der Waals surface area contributed by atoms with E-state index in [9.17, 15) is 0 Å². The molecule has 0 spiro atoms. The number of piperazine rings is 3. The lowest BCUT2D eigenvalue weighted by atomic mass is 9.92. The highest BCUT2D eigenvalue weighted by atomic mass is 15.4. The Labute approximate surface area is 562 Å². The molecule has 0 bridgehead atoms. The molecule has 7 atom stereocenters. The quantitative estimate of drug-likeness (QED) is 0.113. The number of hydrogen-bond donors (Lipinski definition) is 3. The summed E-state index contributed by atoms with van der Waals surface area (Å²) in [7, 11) is 0. The van der Waals surface area contributed by atoms with E-state index in [0.717, 1.165) is 113 Å². The second-order valence-corrected chi connectivity index (χ2v) is 29.1.